The number of hydrogen-bond acceptors (Lipinski definition) is 4. The van der Waals surface area contributed by atoms with Crippen LogP contribution < -0.4 is 4.72 Å². The largest absolute Gasteiger partial charge is 0.391 e. The summed E-state index contributed by atoms with van der Waals surface area (Å²) < 4.78 is 30.2. The molecule has 1 aliphatic carbocycles. The lowest BCUT2D eigenvalue weighted by molar-refractivity contribution is 0.0373. The molecule has 76 valence electrons. The summed E-state index contributed by atoms with van der Waals surface area (Å²) in [5.41, 5.74) is 0. The van der Waals surface area contributed by atoms with Crippen LogP contribution in [0.2, 0.25) is 0 Å². The molecule has 0 aromatic carbocycles. The van der Waals surface area contributed by atoms with Crippen molar-refractivity contribution in [2.45, 2.75) is 30.2 Å². The summed E-state index contributed by atoms with van der Waals surface area (Å²) in [6.07, 6.45) is 0.915. The van der Waals surface area contributed by atoms with Gasteiger partial charge in [-0.2, -0.15) is 0 Å². The predicted molar refractivity (Wildman–Crippen MR) is 45.7 cm³/mol. The molecule has 6 heteroatoms. The second-order valence-electron chi connectivity index (χ2n) is 3.57. The molecule has 0 radical (unpaired) electrons. The van der Waals surface area contributed by atoms with Crippen molar-refractivity contribution in [3.8, 4) is 0 Å². The molecule has 0 aromatic rings. The van der Waals surface area contributed by atoms with Crippen molar-refractivity contribution in [2.75, 3.05) is 13.2 Å². The number of nitrogens with one attached hydrogen (secondary N) is 1. The molecule has 2 atom stereocenters. The lowest BCUT2D eigenvalue weighted by Crippen LogP contribution is -2.55. The standard InChI is InChI=1S/C7H13NO4S/c9-7-2-1-6(7)8-13(10,11)5-3-12-4-5/h5-9H,1-4H2/t6-,7-/m1/s1. The van der Waals surface area contributed by atoms with Crippen LogP contribution in [-0.2, 0) is 14.8 Å². The highest BCUT2D eigenvalue weighted by Crippen LogP contribution is 2.22. The molecule has 0 amide bonds. The van der Waals surface area contributed by atoms with Gasteiger partial charge in [-0.3, -0.25) is 0 Å². The predicted octanol–water partition coefficient (Wildman–Crippen LogP) is -1.17. The molecule has 0 aromatic heterocycles. The molecule has 2 rings (SSSR count). The second-order valence-corrected chi connectivity index (χ2v) is 5.57. The van der Waals surface area contributed by atoms with E-state index in [1.54, 1.807) is 0 Å². The number of hydrogen-bond donors (Lipinski definition) is 2. The normalized spacial score (nSPS) is 35.2. The van der Waals surface area contributed by atoms with Crippen molar-refractivity contribution in [3.05, 3.63) is 0 Å². The molecule has 1 heterocycles. The van der Waals surface area contributed by atoms with Crippen molar-refractivity contribution in [1.29, 1.82) is 0 Å². The molecule has 1 aliphatic heterocycles. The fourth-order valence-electron chi connectivity index (χ4n) is 1.32. The molecule has 1 saturated carbocycles. The zero-order chi connectivity index (χ0) is 9.47. The van der Waals surface area contributed by atoms with Crippen LogP contribution in [0.15, 0.2) is 0 Å². The summed E-state index contributed by atoms with van der Waals surface area (Å²) in [6, 6.07) is -0.273. The zero-order valence-corrected chi connectivity index (χ0v) is 7.96. The van der Waals surface area contributed by atoms with E-state index in [4.69, 9.17) is 4.74 Å². The SMILES string of the molecule is O=S(=O)(N[C@@H]1CC[C@H]1O)C1COC1. The molecule has 2 N–H and O–H groups in total. The summed E-state index contributed by atoms with van der Waals surface area (Å²) in [4.78, 5) is 0. The van der Waals surface area contributed by atoms with E-state index in [-0.39, 0.29) is 19.3 Å². The number of aliphatic hydroxyl groups is 1. The quantitative estimate of drug-likeness (QED) is 0.611. The van der Waals surface area contributed by atoms with Gasteiger partial charge < -0.3 is 9.84 Å². The van der Waals surface area contributed by atoms with Crippen LogP contribution in [0.3, 0.4) is 0 Å². The van der Waals surface area contributed by atoms with Gasteiger partial charge in [0.25, 0.3) is 0 Å². The molecule has 0 spiro atoms. The maximum absolute atomic E-state index is 11.5. The molecule has 1 saturated heterocycles. The summed E-state index contributed by atoms with van der Waals surface area (Å²) in [6.45, 7) is 0.552. The van der Waals surface area contributed by atoms with Gasteiger partial charge in [-0.1, -0.05) is 0 Å². The van der Waals surface area contributed by atoms with Gasteiger partial charge in [0.2, 0.25) is 10.0 Å². The number of ether oxygens (including phenoxy) is 1. The van der Waals surface area contributed by atoms with Crippen LogP contribution in [0.5, 0.6) is 0 Å². The van der Waals surface area contributed by atoms with E-state index in [2.05, 4.69) is 4.72 Å². The maximum atomic E-state index is 11.5. The Morgan fingerprint density at radius 3 is 2.31 bits per heavy atom. The van der Waals surface area contributed by atoms with Gasteiger partial charge in [0.1, 0.15) is 5.25 Å². The van der Waals surface area contributed by atoms with Gasteiger partial charge in [-0.05, 0) is 12.8 Å². The molecule has 13 heavy (non-hydrogen) atoms. The van der Waals surface area contributed by atoms with E-state index in [0.717, 1.165) is 6.42 Å². The molecule has 2 aliphatic rings. The van der Waals surface area contributed by atoms with E-state index < -0.39 is 21.4 Å². The van der Waals surface area contributed by atoms with Gasteiger partial charge in [0.15, 0.2) is 0 Å². The maximum Gasteiger partial charge on any atom is 0.219 e. The van der Waals surface area contributed by atoms with E-state index in [1.807, 2.05) is 0 Å². The third kappa shape index (κ3) is 1.71. The van der Waals surface area contributed by atoms with Gasteiger partial charge in [-0.15, -0.1) is 0 Å². The first kappa shape index (κ1) is 9.39. The molecule has 5 nitrogen and oxygen atoms in total. The molecule has 0 unspecified atom stereocenters. The molecule has 0 bridgehead atoms. The Hall–Kier alpha value is -0.170. The lowest BCUT2D eigenvalue weighted by Gasteiger charge is -2.35. The van der Waals surface area contributed by atoms with Crippen LogP contribution in [-0.4, -0.2) is 44.1 Å². The Kier molecular flexibility index (Phi) is 2.31. The summed E-state index contributed by atoms with van der Waals surface area (Å²) >= 11 is 0. The third-order valence-corrected chi connectivity index (χ3v) is 4.38. The van der Waals surface area contributed by atoms with Crippen molar-refractivity contribution >= 4 is 10.0 Å². The van der Waals surface area contributed by atoms with Gasteiger partial charge in [-0.25, -0.2) is 13.1 Å². The van der Waals surface area contributed by atoms with E-state index in [1.165, 1.54) is 0 Å². The van der Waals surface area contributed by atoms with E-state index in [9.17, 15) is 13.5 Å². The van der Waals surface area contributed by atoms with Crippen LogP contribution in [0, 0.1) is 0 Å². The molecular formula is C7H13NO4S. The van der Waals surface area contributed by atoms with Gasteiger partial charge in [0, 0.05) is 6.04 Å². The Morgan fingerprint density at radius 2 is 2.00 bits per heavy atom. The third-order valence-electron chi connectivity index (χ3n) is 2.60. The molecular weight excluding hydrogens is 194 g/mol. The Bertz CT molecular complexity index is 285. The van der Waals surface area contributed by atoms with Gasteiger partial charge in [0.05, 0.1) is 19.3 Å². The number of aliphatic hydroxyl groups excluding tert-OH is 1. The minimum absolute atomic E-state index is 0.273. The Balaban J connectivity index is 1.92. The first-order valence-corrected chi connectivity index (χ1v) is 5.91. The smallest absolute Gasteiger partial charge is 0.219 e. The Labute approximate surface area is 77.1 Å². The minimum atomic E-state index is -3.25. The summed E-state index contributed by atoms with van der Waals surface area (Å²) in [5, 5.41) is 8.77. The van der Waals surface area contributed by atoms with Crippen molar-refractivity contribution in [3.63, 3.8) is 0 Å². The van der Waals surface area contributed by atoms with Crippen LogP contribution in [0.4, 0.5) is 0 Å². The fourth-order valence-corrected chi connectivity index (χ4v) is 2.76. The first-order chi connectivity index (χ1) is 6.09. The lowest BCUT2D eigenvalue weighted by atomic mass is 9.90. The fraction of sp³-hybridized carbons (Fsp3) is 1.00. The summed E-state index contributed by atoms with van der Waals surface area (Å²) in [5.74, 6) is 0. The highest BCUT2D eigenvalue weighted by Gasteiger charge is 2.38. The minimum Gasteiger partial charge on any atom is -0.391 e. The first-order valence-electron chi connectivity index (χ1n) is 4.36. The van der Waals surface area contributed by atoms with Crippen LogP contribution in [0.1, 0.15) is 12.8 Å². The van der Waals surface area contributed by atoms with Crippen molar-refractivity contribution in [2.24, 2.45) is 0 Å². The second kappa shape index (κ2) is 3.20. The van der Waals surface area contributed by atoms with Crippen LogP contribution in [0.25, 0.3) is 0 Å². The van der Waals surface area contributed by atoms with Gasteiger partial charge >= 0.3 is 0 Å². The highest BCUT2D eigenvalue weighted by atomic mass is 32.2. The average molecular weight is 207 g/mol. The van der Waals surface area contributed by atoms with Crippen molar-refractivity contribution in [1.82, 2.24) is 4.72 Å². The van der Waals surface area contributed by atoms with E-state index >= 15 is 0 Å². The monoisotopic (exact) mass is 207 g/mol. The average Bonchev–Trinajstić information content (AvgIpc) is 1.93. The molecule has 2 fully saturated rings. The summed E-state index contributed by atoms with van der Waals surface area (Å²) in [7, 11) is -3.25. The topological polar surface area (TPSA) is 75.6 Å². The Morgan fingerprint density at radius 1 is 1.31 bits per heavy atom. The van der Waals surface area contributed by atoms with Crippen LogP contribution >= 0.6 is 0 Å². The number of rotatable bonds is 3. The zero-order valence-electron chi connectivity index (χ0n) is 7.14. The van der Waals surface area contributed by atoms with Crippen molar-refractivity contribution < 1.29 is 18.3 Å². The number of sulfonamides is 1. The van der Waals surface area contributed by atoms with E-state index in [0.29, 0.717) is 6.42 Å². The highest BCUT2D eigenvalue weighted by molar-refractivity contribution is 7.90.